The second kappa shape index (κ2) is 41.4. The molecule has 1 amide bonds. The van der Waals surface area contributed by atoms with E-state index in [2.05, 4.69) is 82.8 Å². The molecule has 28 heteroatoms. The second-order valence-electron chi connectivity index (χ2n) is 34.9. The average Bonchev–Trinajstić information content (AvgIpc) is 1.09. The molecule has 13 heterocycles. The first kappa shape index (κ1) is 92.9. The van der Waals surface area contributed by atoms with Crippen molar-refractivity contribution in [1.29, 1.82) is 5.26 Å². The Hall–Kier alpha value is -17.1. The molecule has 0 bridgehead atoms. The maximum atomic E-state index is 14.2. The van der Waals surface area contributed by atoms with Gasteiger partial charge in [-0.05, 0) is 310 Å². The number of fused-ring (bicyclic) bond motifs is 5. The molecule has 23 nitrogen and oxygen atoms in total. The molecule has 2 saturated carbocycles. The predicted octanol–water partition coefficient (Wildman–Crippen LogP) is 23.0. The van der Waals surface area contributed by atoms with E-state index >= 15 is 0 Å². The van der Waals surface area contributed by atoms with Crippen molar-refractivity contribution in [3.05, 3.63) is 385 Å². The van der Waals surface area contributed by atoms with Crippen LogP contribution in [-0.2, 0) is 22.6 Å². The number of primary amides is 1. The minimum Gasteiger partial charge on any atom is -0.427 e. The number of rotatable bonds is 19. The predicted molar refractivity (Wildman–Crippen MR) is 534 cm³/mol. The van der Waals surface area contributed by atoms with Crippen molar-refractivity contribution >= 4 is 56.8 Å². The number of imidazole rings is 2. The van der Waals surface area contributed by atoms with Gasteiger partial charge in [0.1, 0.15) is 63.6 Å². The highest BCUT2D eigenvalue weighted by molar-refractivity contribution is 5.94. The van der Waals surface area contributed by atoms with Crippen LogP contribution in [0.4, 0.5) is 22.0 Å². The molecule has 0 spiro atoms. The van der Waals surface area contributed by atoms with Gasteiger partial charge in [-0.2, -0.15) is 5.26 Å². The fraction of sp³-hybridized carbons (Fsp3) is 0.150. The first-order valence-corrected chi connectivity index (χ1v) is 45.8. The normalized spacial score (nSPS) is 12.9. The number of nitriles is 1. The summed E-state index contributed by atoms with van der Waals surface area (Å²) in [7, 11) is 4.06. The van der Waals surface area contributed by atoms with Crippen LogP contribution in [0.25, 0.3) is 156 Å². The number of nitrogens with two attached hydrogens (primary N) is 1. The summed E-state index contributed by atoms with van der Waals surface area (Å²) in [4.78, 5) is 84.7. The van der Waals surface area contributed by atoms with Crippen LogP contribution in [0.1, 0.15) is 92.6 Å². The molecule has 2 N–H and O–H groups in total. The minimum atomic E-state index is -0.538. The molecule has 141 heavy (non-hydrogen) atoms. The summed E-state index contributed by atoms with van der Waals surface area (Å²) >= 11 is 0. The fourth-order valence-electron chi connectivity index (χ4n) is 17.3. The molecule has 2 aliphatic carbocycles. The summed E-state index contributed by atoms with van der Waals surface area (Å²) < 4.78 is 83.6. The Morgan fingerprint density at radius 2 is 0.801 bits per heavy atom. The summed E-state index contributed by atoms with van der Waals surface area (Å²) in [5, 5.41) is 9.27. The highest BCUT2D eigenvalue weighted by atomic mass is 19.1. The van der Waals surface area contributed by atoms with Crippen LogP contribution in [0.2, 0.25) is 0 Å². The number of ether oxygens (including phenoxy) is 2. The minimum absolute atomic E-state index is 0.141. The Labute approximate surface area is 807 Å². The molecule has 3 aliphatic rings. The van der Waals surface area contributed by atoms with E-state index in [4.69, 9.17) is 25.2 Å². The molecule has 0 atom stereocenters. The fourth-order valence-corrected chi connectivity index (χ4v) is 17.3. The third-order valence-corrected chi connectivity index (χ3v) is 24.8. The van der Waals surface area contributed by atoms with Crippen LogP contribution in [-0.4, -0.2) is 136 Å². The maximum Gasteiger partial charge on any atom is 0.298 e. The summed E-state index contributed by atoms with van der Waals surface area (Å²) in [5.41, 5.74) is 35.5. The topological polar surface area (TPSA) is 285 Å². The van der Waals surface area contributed by atoms with Crippen molar-refractivity contribution in [2.75, 3.05) is 40.4 Å². The Morgan fingerprint density at radius 3 is 1.24 bits per heavy atom. The monoisotopic (exact) mass is 1870 g/mol. The highest BCUT2D eigenvalue weighted by Crippen LogP contribution is 2.46. The van der Waals surface area contributed by atoms with E-state index < -0.39 is 5.91 Å². The number of aryl methyl sites for hydroxylation is 3. The van der Waals surface area contributed by atoms with Crippen LogP contribution >= 0.6 is 0 Å². The molecule has 3 fully saturated rings. The molecule has 23 rings (SSSR count). The Bertz CT molecular complexity index is 8200. The molecule has 0 unspecified atom stereocenters. The second-order valence-corrected chi connectivity index (χ2v) is 34.9. The lowest BCUT2D eigenvalue weighted by atomic mass is 9.96. The van der Waals surface area contributed by atoms with Crippen molar-refractivity contribution in [2.45, 2.75) is 71.4 Å². The summed E-state index contributed by atoms with van der Waals surface area (Å²) in [6.45, 7) is 10.6. The highest BCUT2D eigenvalue weighted by Gasteiger charge is 2.30. The van der Waals surface area contributed by atoms with E-state index in [1.165, 1.54) is 42.7 Å². The van der Waals surface area contributed by atoms with Crippen molar-refractivity contribution in [1.82, 2.24) is 83.4 Å². The van der Waals surface area contributed by atoms with Crippen LogP contribution in [0.3, 0.4) is 0 Å². The van der Waals surface area contributed by atoms with E-state index in [-0.39, 0.29) is 29.1 Å². The number of morpholine rings is 1. The van der Waals surface area contributed by atoms with Crippen molar-refractivity contribution in [3.63, 3.8) is 0 Å². The number of benzene rings is 8. The third kappa shape index (κ3) is 21.1. The van der Waals surface area contributed by atoms with Gasteiger partial charge in [-0.15, -0.1) is 0 Å². The van der Waals surface area contributed by atoms with Crippen molar-refractivity contribution < 1.29 is 41.0 Å². The molecule has 696 valence electrons. The number of pyridine rings is 7. The van der Waals surface area contributed by atoms with Gasteiger partial charge in [0, 0.05) is 167 Å². The summed E-state index contributed by atoms with van der Waals surface area (Å²) in [5.74, 6) is -0.574. The molecule has 1 saturated heterocycles. The quantitative estimate of drug-likeness (QED) is 0.0581. The van der Waals surface area contributed by atoms with E-state index in [1.807, 2.05) is 166 Å². The largest absolute Gasteiger partial charge is 0.427 e. The Kier molecular flexibility index (Phi) is 27.3. The molecule has 0 radical (unpaired) electrons. The van der Waals surface area contributed by atoms with Crippen LogP contribution in [0, 0.1) is 61.2 Å². The van der Waals surface area contributed by atoms with E-state index in [0.29, 0.717) is 63.5 Å². The molecule has 8 aromatic carbocycles. The van der Waals surface area contributed by atoms with Gasteiger partial charge in [-0.25, -0.2) is 31.9 Å². The number of hydrogen-bond donors (Lipinski definition) is 1. The van der Waals surface area contributed by atoms with Gasteiger partial charge < -0.3 is 20.1 Å². The smallest absolute Gasteiger partial charge is 0.298 e. The standard InChI is InChI=1S/C25H23FN4O.C23H21FN4.C22H17FN4O.C22H15FN4.C21H14FN3O2/c1-17-12-20(2-4-22(17)26)25-21(19-3-5-23-24(14-19)28-7-6-27-23)13-18(15-29-25)16-30-8-10-31-11-9-30;1-15-10-18(4-6-20(15)24)23-19(11-16(13-27-23)14-28(2)3)17-5-7-21-22(12-17)26-9-8-25-21;23-18-7-5-14(10-17(18)13-3-4-13)21-16(2-1-9-25-21)15-6-8-20-26-11-19(22(24)28)27(20)12-15;23-20-7-5-15(10-19(20)14-3-4-14)22-18(2-1-9-25-22)16-6-8-21-26-12-17(11-24)27(21)13-16;1-13-8-15(2-4-18(13)22)21-17(10-16(11-25-21)27-12-26)14-3-5-19-20(9-14)24-7-6-23-19/h2-7,12-15H,8-11,16H2,1H3;4-13H,14H2,1-3H3;1-2,5-13H,3-4H2,(H2,24,28);1-2,5-10,12-14H,3-4H2;2-12H,1H3. The number of nitrogens with zero attached hydrogens (tertiary/aromatic N) is 18. The Morgan fingerprint density at radius 1 is 0.411 bits per heavy atom. The number of aromatic nitrogens is 15. The first-order chi connectivity index (χ1) is 68.7. The zero-order valence-corrected chi connectivity index (χ0v) is 77.3. The molecule has 12 aromatic heterocycles. The zero-order chi connectivity index (χ0) is 97.3. The van der Waals surface area contributed by atoms with Crippen molar-refractivity contribution in [2.24, 2.45) is 5.73 Å². The molecular weight excluding hydrogens is 1780 g/mol. The number of halogens is 5. The SMILES string of the molecule is Cc1cc(-c2ncc(CN(C)C)cc2-c2ccc3nccnc3c2)ccc1F.Cc1cc(-c2ncc(CN3CCOCC3)cc2-c2ccc3nccnc3c2)ccc1F.Cc1cc(-c2ncc(OC=O)cc2-c2ccc3nccnc3c2)ccc1F.N#Cc1cnc2ccc(-c3cccnc3-c3ccc(F)c(C4CC4)c3)cn12.NC(=O)c1cnc2ccc(-c3cccnc3-c3ccc(F)c(C4CC4)c3)cn12. The van der Waals surface area contributed by atoms with Gasteiger partial charge in [0.15, 0.2) is 0 Å². The van der Waals surface area contributed by atoms with E-state index in [0.717, 1.165) is 232 Å². The van der Waals surface area contributed by atoms with Gasteiger partial charge in [-0.3, -0.25) is 78.1 Å². The third-order valence-electron chi connectivity index (χ3n) is 24.8. The molecule has 1 aliphatic heterocycles. The first-order valence-electron chi connectivity index (χ1n) is 45.8. The van der Waals surface area contributed by atoms with Gasteiger partial charge in [0.25, 0.3) is 12.4 Å². The molecule has 20 aromatic rings. The maximum absolute atomic E-state index is 14.2. The number of hydrogen-bond acceptors (Lipinski definition) is 20. The lowest BCUT2D eigenvalue weighted by Gasteiger charge is -2.26. The van der Waals surface area contributed by atoms with Gasteiger partial charge in [0.2, 0.25) is 0 Å². The number of carbonyl (C=O) groups excluding carboxylic acids is 2. The Balaban J connectivity index is 0.000000112. The molecular formula is C113H90F5N19O4. The van der Waals surface area contributed by atoms with E-state index in [9.17, 15) is 36.8 Å². The van der Waals surface area contributed by atoms with Gasteiger partial charge in [-0.1, -0.05) is 30.3 Å². The zero-order valence-electron chi connectivity index (χ0n) is 77.3. The van der Waals surface area contributed by atoms with Crippen molar-refractivity contribution in [3.8, 4) is 124 Å². The number of amides is 1. The van der Waals surface area contributed by atoms with E-state index in [1.54, 1.807) is 128 Å². The van der Waals surface area contributed by atoms with Crippen LogP contribution in [0.5, 0.6) is 5.75 Å². The average molecular weight is 1870 g/mol. The lowest BCUT2D eigenvalue weighted by Crippen LogP contribution is -2.35. The van der Waals surface area contributed by atoms with Gasteiger partial charge >= 0.3 is 0 Å². The van der Waals surface area contributed by atoms with Gasteiger partial charge in [0.05, 0.1) is 93.4 Å². The summed E-state index contributed by atoms with van der Waals surface area (Å²) in [6, 6.07) is 66.8. The summed E-state index contributed by atoms with van der Waals surface area (Å²) in [6.07, 6.45) is 29.7. The number of carbonyl (C=O) groups is 2. The lowest BCUT2D eigenvalue weighted by molar-refractivity contribution is -0.120. The van der Waals surface area contributed by atoms with Crippen LogP contribution < -0.4 is 10.5 Å². The van der Waals surface area contributed by atoms with Crippen LogP contribution in [0.15, 0.2) is 305 Å².